The monoisotopic (exact) mass is 374 g/mol. The van der Waals surface area contributed by atoms with E-state index in [1.54, 1.807) is 18.2 Å². The van der Waals surface area contributed by atoms with Crippen LogP contribution in [-0.4, -0.2) is 31.4 Å². The molecule has 25 heavy (non-hydrogen) atoms. The summed E-state index contributed by atoms with van der Waals surface area (Å²) >= 11 is 0. The molecule has 0 radical (unpaired) electrons. The average Bonchev–Trinajstić information content (AvgIpc) is 2.56. The lowest BCUT2D eigenvalue weighted by atomic mass is 10.1. The summed E-state index contributed by atoms with van der Waals surface area (Å²) in [5, 5.41) is 2.64. The van der Waals surface area contributed by atoms with Gasteiger partial charge in [0, 0.05) is 12.7 Å². The number of carbonyl (C=O) groups is 1. The SMILES string of the molecule is O=C(NCCc1ccc(OS(=O)(=O)C(F)(F)F)cc1)c1ccccn1. The molecule has 1 aromatic heterocycles. The van der Waals surface area contributed by atoms with Crippen molar-refractivity contribution >= 4 is 16.0 Å². The zero-order valence-corrected chi connectivity index (χ0v) is 13.5. The second-order valence-corrected chi connectivity index (χ2v) is 6.39. The van der Waals surface area contributed by atoms with E-state index in [0.717, 1.165) is 12.1 Å². The summed E-state index contributed by atoms with van der Waals surface area (Å²) in [4.78, 5) is 15.7. The maximum atomic E-state index is 12.2. The lowest BCUT2D eigenvalue weighted by Crippen LogP contribution is -2.28. The molecule has 0 bridgehead atoms. The number of nitrogens with zero attached hydrogens (tertiary/aromatic N) is 1. The highest BCUT2D eigenvalue weighted by Crippen LogP contribution is 2.26. The molecule has 0 aliphatic rings. The minimum atomic E-state index is -5.69. The van der Waals surface area contributed by atoms with Gasteiger partial charge in [-0.2, -0.15) is 21.6 Å². The third-order valence-electron chi connectivity index (χ3n) is 3.01. The van der Waals surface area contributed by atoms with Crippen LogP contribution in [-0.2, 0) is 16.5 Å². The second kappa shape index (κ2) is 7.51. The van der Waals surface area contributed by atoms with Gasteiger partial charge in [0.25, 0.3) is 5.91 Å². The van der Waals surface area contributed by atoms with E-state index in [9.17, 15) is 26.4 Å². The Balaban J connectivity index is 1.88. The van der Waals surface area contributed by atoms with E-state index >= 15 is 0 Å². The molecule has 1 N–H and O–H groups in total. The van der Waals surface area contributed by atoms with E-state index in [0.29, 0.717) is 12.0 Å². The largest absolute Gasteiger partial charge is 0.534 e. The van der Waals surface area contributed by atoms with Gasteiger partial charge in [-0.25, -0.2) is 0 Å². The normalized spacial score (nSPS) is 11.8. The first-order valence-corrected chi connectivity index (χ1v) is 8.39. The van der Waals surface area contributed by atoms with Gasteiger partial charge in [-0.15, -0.1) is 0 Å². The maximum Gasteiger partial charge on any atom is 0.534 e. The standard InChI is InChI=1S/C15H13F3N2O4S/c16-15(17,18)25(22,23)24-12-6-4-11(5-7-12)8-10-20-14(21)13-3-1-2-9-19-13/h1-7,9H,8,10H2,(H,20,21). The first kappa shape index (κ1) is 18.7. The molecule has 0 aliphatic carbocycles. The van der Waals surface area contributed by atoms with Crippen molar-refractivity contribution in [3.63, 3.8) is 0 Å². The quantitative estimate of drug-likeness (QED) is 0.619. The summed E-state index contributed by atoms with van der Waals surface area (Å²) in [5.74, 6) is -0.796. The predicted octanol–water partition coefficient (Wildman–Crippen LogP) is 2.28. The molecule has 134 valence electrons. The predicted molar refractivity (Wildman–Crippen MR) is 82.3 cm³/mol. The Kier molecular flexibility index (Phi) is 5.62. The molecule has 0 unspecified atom stereocenters. The number of hydrogen-bond donors (Lipinski definition) is 1. The molecule has 10 heteroatoms. The van der Waals surface area contributed by atoms with Gasteiger partial charge in [-0.1, -0.05) is 18.2 Å². The van der Waals surface area contributed by atoms with Crippen LogP contribution in [0.3, 0.4) is 0 Å². The molecule has 0 atom stereocenters. The van der Waals surface area contributed by atoms with Crippen molar-refractivity contribution in [3.8, 4) is 5.75 Å². The molecule has 0 spiro atoms. The molecule has 2 aromatic rings. The molecule has 6 nitrogen and oxygen atoms in total. The van der Waals surface area contributed by atoms with Crippen molar-refractivity contribution in [3.05, 3.63) is 59.9 Å². The molecule has 0 saturated carbocycles. The zero-order valence-electron chi connectivity index (χ0n) is 12.7. The fourth-order valence-corrected chi connectivity index (χ4v) is 2.25. The number of amides is 1. The Labute approximate surface area is 141 Å². The third-order valence-corrected chi connectivity index (χ3v) is 3.99. The van der Waals surface area contributed by atoms with E-state index in [1.165, 1.54) is 18.3 Å². The molecule has 2 rings (SSSR count). The summed E-state index contributed by atoms with van der Waals surface area (Å²) in [6, 6.07) is 9.96. The lowest BCUT2D eigenvalue weighted by Gasteiger charge is -2.10. The fourth-order valence-electron chi connectivity index (χ4n) is 1.79. The number of nitrogens with one attached hydrogen (secondary N) is 1. The summed E-state index contributed by atoms with van der Waals surface area (Å²) < 4.78 is 62.4. The number of pyridine rings is 1. The highest BCUT2D eigenvalue weighted by molar-refractivity contribution is 7.88. The van der Waals surface area contributed by atoms with Crippen LogP contribution in [0.25, 0.3) is 0 Å². The molecule has 1 amide bonds. The maximum absolute atomic E-state index is 12.2. The number of alkyl halides is 3. The van der Waals surface area contributed by atoms with E-state index in [2.05, 4.69) is 14.5 Å². The summed E-state index contributed by atoms with van der Waals surface area (Å²) in [6.07, 6.45) is 1.88. The van der Waals surface area contributed by atoms with Gasteiger partial charge in [0.2, 0.25) is 0 Å². The minimum absolute atomic E-state index is 0.267. The first-order chi connectivity index (χ1) is 11.7. The van der Waals surface area contributed by atoms with E-state index < -0.39 is 21.4 Å². The van der Waals surface area contributed by atoms with E-state index in [1.807, 2.05) is 0 Å². The highest BCUT2D eigenvalue weighted by atomic mass is 32.2. The van der Waals surface area contributed by atoms with Crippen LogP contribution in [0.5, 0.6) is 5.75 Å². The van der Waals surface area contributed by atoms with Gasteiger partial charge in [0.1, 0.15) is 11.4 Å². The molecule has 0 saturated heterocycles. The van der Waals surface area contributed by atoms with Gasteiger partial charge in [-0.3, -0.25) is 9.78 Å². The molecule has 1 aromatic carbocycles. The Bertz CT molecular complexity index is 822. The molecular formula is C15H13F3N2O4S. The van der Waals surface area contributed by atoms with Crippen LogP contribution in [0, 0.1) is 0 Å². The van der Waals surface area contributed by atoms with Crippen molar-refractivity contribution in [2.45, 2.75) is 11.9 Å². The zero-order chi connectivity index (χ0) is 18.5. The van der Waals surface area contributed by atoms with Crippen LogP contribution >= 0.6 is 0 Å². The Morgan fingerprint density at radius 3 is 2.36 bits per heavy atom. The van der Waals surface area contributed by atoms with Crippen molar-refractivity contribution in [2.24, 2.45) is 0 Å². The number of rotatable bonds is 6. The van der Waals surface area contributed by atoms with Gasteiger partial charge >= 0.3 is 15.6 Å². The van der Waals surface area contributed by atoms with Crippen molar-refractivity contribution in [1.29, 1.82) is 0 Å². The second-order valence-electron chi connectivity index (χ2n) is 4.85. The van der Waals surface area contributed by atoms with Crippen molar-refractivity contribution < 1.29 is 30.6 Å². The summed E-state index contributed by atoms with van der Waals surface area (Å²) in [6.45, 7) is 0.274. The topological polar surface area (TPSA) is 85.4 Å². The first-order valence-electron chi connectivity index (χ1n) is 6.98. The molecule has 0 fully saturated rings. The van der Waals surface area contributed by atoms with Crippen LogP contribution in [0.1, 0.15) is 16.1 Å². The van der Waals surface area contributed by atoms with Gasteiger partial charge in [-0.05, 0) is 36.2 Å². The van der Waals surface area contributed by atoms with Crippen LogP contribution < -0.4 is 9.50 Å². The molecule has 1 heterocycles. The van der Waals surface area contributed by atoms with Gasteiger partial charge in [0.15, 0.2) is 0 Å². The van der Waals surface area contributed by atoms with Gasteiger partial charge in [0.05, 0.1) is 0 Å². The Morgan fingerprint density at radius 1 is 1.12 bits per heavy atom. The molecule has 0 aliphatic heterocycles. The smallest absolute Gasteiger partial charge is 0.376 e. The number of aromatic nitrogens is 1. The lowest BCUT2D eigenvalue weighted by molar-refractivity contribution is -0.0500. The average molecular weight is 374 g/mol. The van der Waals surface area contributed by atoms with Crippen LogP contribution in [0.4, 0.5) is 13.2 Å². The summed E-state index contributed by atoms with van der Waals surface area (Å²) in [5.41, 5.74) is -4.54. The highest BCUT2D eigenvalue weighted by Gasteiger charge is 2.48. The number of hydrogen-bond acceptors (Lipinski definition) is 5. The fraction of sp³-hybridized carbons (Fsp3) is 0.200. The van der Waals surface area contributed by atoms with Gasteiger partial charge < -0.3 is 9.50 Å². The van der Waals surface area contributed by atoms with Crippen molar-refractivity contribution in [2.75, 3.05) is 6.54 Å². The van der Waals surface area contributed by atoms with E-state index in [4.69, 9.17) is 0 Å². The van der Waals surface area contributed by atoms with E-state index in [-0.39, 0.29) is 18.1 Å². The van der Waals surface area contributed by atoms with Crippen LogP contribution in [0.2, 0.25) is 0 Å². The Morgan fingerprint density at radius 2 is 1.80 bits per heavy atom. The molecular weight excluding hydrogens is 361 g/mol. The summed E-state index contributed by atoms with van der Waals surface area (Å²) in [7, 11) is -5.69. The number of halogens is 3. The van der Waals surface area contributed by atoms with Crippen molar-refractivity contribution in [1.82, 2.24) is 10.3 Å². The number of benzene rings is 1. The minimum Gasteiger partial charge on any atom is -0.376 e. The third kappa shape index (κ3) is 5.18. The Hall–Kier alpha value is -2.62. The van der Waals surface area contributed by atoms with Crippen LogP contribution in [0.15, 0.2) is 48.7 Å². The number of carbonyl (C=O) groups excluding carboxylic acids is 1.